The Morgan fingerprint density at radius 2 is 2.00 bits per heavy atom. The lowest BCUT2D eigenvalue weighted by Gasteiger charge is -2.13. The second-order valence-corrected chi connectivity index (χ2v) is 4.52. The number of carboxylic acids is 1. The van der Waals surface area contributed by atoms with E-state index in [2.05, 4.69) is 9.72 Å². The zero-order valence-electron chi connectivity index (χ0n) is 10.9. The fourth-order valence-corrected chi connectivity index (χ4v) is 1.94. The molecular formula is C12H8Cl2F3NO4. The van der Waals surface area contributed by atoms with Crippen molar-refractivity contribution in [3.05, 3.63) is 39.3 Å². The Kier molecular flexibility index (Phi) is 5.78. The van der Waals surface area contributed by atoms with Crippen LogP contribution in [0.15, 0.2) is 17.9 Å². The Hall–Kier alpha value is -1.80. The molecule has 10 heteroatoms. The number of ketones is 1. The third kappa shape index (κ3) is 4.11. The van der Waals surface area contributed by atoms with Gasteiger partial charge in [-0.25, -0.2) is 9.78 Å². The normalized spacial score (nSPS) is 12.2. The number of hydrogen-bond acceptors (Lipinski definition) is 4. The average molecular weight is 358 g/mol. The predicted octanol–water partition coefficient (Wildman–Crippen LogP) is 3.59. The van der Waals surface area contributed by atoms with E-state index in [1.165, 1.54) is 6.92 Å². The van der Waals surface area contributed by atoms with Gasteiger partial charge in [0.25, 0.3) is 0 Å². The topological polar surface area (TPSA) is 76.5 Å². The third-order valence-electron chi connectivity index (χ3n) is 2.32. The number of carbonyl (C=O) groups is 2. The van der Waals surface area contributed by atoms with Gasteiger partial charge in [0.1, 0.15) is 22.1 Å². The number of rotatable bonds is 5. The summed E-state index contributed by atoms with van der Waals surface area (Å²) in [5, 5.41) is 7.49. The molecule has 1 aromatic heterocycles. The van der Waals surface area contributed by atoms with Crippen molar-refractivity contribution in [3.63, 3.8) is 0 Å². The van der Waals surface area contributed by atoms with E-state index < -0.39 is 44.9 Å². The van der Waals surface area contributed by atoms with Crippen LogP contribution in [0.4, 0.5) is 13.2 Å². The molecule has 0 radical (unpaired) electrons. The molecule has 22 heavy (non-hydrogen) atoms. The molecule has 0 fully saturated rings. The number of nitrogens with zero attached hydrogens (tertiary/aromatic N) is 1. The second kappa shape index (κ2) is 6.97. The van der Waals surface area contributed by atoms with Crippen LogP contribution >= 0.6 is 23.2 Å². The lowest BCUT2D eigenvalue weighted by molar-refractivity contribution is -0.138. The molecule has 0 aliphatic heterocycles. The van der Waals surface area contributed by atoms with E-state index in [0.29, 0.717) is 12.3 Å². The summed E-state index contributed by atoms with van der Waals surface area (Å²) in [6.07, 6.45) is -4.42. The standard InChI is InChI=1S/C12H8Cl2F3NO4/c1-2-22-4-5(11(20)21)9(19)8-6(12(15,16)17)3-7(13)18-10(8)14/h3-4H,2H2,1H3,(H,20,21)/b5-4+. The zero-order chi connectivity index (χ0) is 17.1. The first-order valence-electron chi connectivity index (χ1n) is 5.62. The largest absolute Gasteiger partial charge is 0.500 e. The fourth-order valence-electron chi connectivity index (χ4n) is 1.43. The third-order valence-corrected chi connectivity index (χ3v) is 2.79. The number of aromatic nitrogens is 1. The lowest BCUT2D eigenvalue weighted by Crippen LogP contribution is -2.20. The van der Waals surface area contributed by atoms with Gasteiger partial charge in [0.05, 0.1) is 17.7 Å². The number of carboxylic acid groups (broad SMARTS) is 1. The van der Waals surface area contributed by atoms with Crippen LogP contribution in [-0.2, 0) is 15.7 Å². The van der Waals surface area contributed by atoms with E-state index >= 15 is 0 Å². The van der Waals surface area contributed by atoms with Gasteiger partial charge in [-0.2, -0.15) is 13.2 Å². The minimum atomic E-state index is -4.98. The summed E-state index contributed by atoms with van der Waals surface area (Å²) in [5.41, 5.74) is -3.60. The van der Waals surface area contributed by atoms with Crippen LogP contribution in [0.1, 0.15) is 22.8 Å². The Morgan fingerprint density at radius 1 is 1.41 bits per heavy atom. The van der Waals surface area contributed by atoms with E-state index in [1.54, 1.807) is 0 Å². The molecule has 0 unspecified atom stereocenters. The Morgan fingerprint density at radius 3 is 2.45 bits per heavy atom. The molecule has 1 heterocycles. The van der Waals surface area contributed by atoms with Crippen LogP contribution < -0.4 is 0 Å². The molecule has 0 aliphatic rings. The number of ether oxygens (including phenoxy) is 1. The number of pyridine rings is 1. The Balaban J connectivity index is 3.54. The SMILES string of the molecule is CCO/C=C(/C(=O)O)C(=O)c1c(C(F)(F)F)cc(Cl)nc1Cl. The van der Waals surface area contributed by atoms with Gasteiger partial charge >= 0.3 is 12.1 Å². The highest BCUT2D eigenvalue weighted by atomic mass is 35.5. The van der Waals surface area contributed by atoms with Crippen molar-refractivity contribution in [2.24, 2.45) is 0 Å². The van der Waals surface area contributed by atoms with Gasteiger partial charge in [-0.3, -0.25) is 4.79 Å². The Bertz CT molecular complexity index is 644. The summed E-state index contributed by atoms with van der Waals surface area (Å²) in [7, 11) is 0. The summed E-state index contributed by atoms with van der Waals surface area (Å²) >= 11 is 10.9. The van der Waals surface area contributed by atoms with Crippen LogP contribution in [-0.4, -0.2) is 28.4 Å². The molecule has 0 amide bonds. The maximum atomic E-state index is 13.0. The maximum Gasteiger partial charge on any atom is 0.417 e. The van der Waals surface area contributed by atoms with Crippen LogP contribution in [0.2, 0.25) is 10.3 Å². The van der Waals surface area contributed by atoms with Gasteiger partial charge in [-0.1, -0.05) is 23.2 Å². The highest BCUT2D eigenvalue weighted by molar-refractivity contribution is 6.37. The smallest absolute Gasteiger partial charge is 0.417 e. The molecule has 0 aromatic carbocycles. The quantitative estimate of drug-likeness (QED) is 0.217. The van der Waals surface area contributed by atoms with E-state index in [1.807, 2.05) is 0 Å². The van der Waals surface area contributed by atoms with Gasteiger partial charge in [0, 0.05) is 0 Å². The maximum absolute atomic E-state index is 13.0. The van der Waals surface area contributed by atoms with Crippen molar-refractivity contribution in [3.8, 4) is 0 Å². The Labute approximate surface area is 132 Å². The van der Waals surface area contributed by atoms with Gasteiger partial charge in [-0.15, -0.1) is 0 Å². The number of alkyl halides is 3. The minimum Gasteiger partial charge on any atom is -0.500 e. The first-order valence-corrected chi connectivity index (χ1v) is 6.38. The van der Waals surface area contributed by atoms with Crippen LogP contribution in [0.5, 0.6) is 0 Å². The fraction of sp³-hybridized carbons (Fsp3) is 0.250. The van der Waals surface area contributed by atoms with Crippen LogP contribution in [0.25, 0.3) is 0 Å². The summed E-state index contributed by atoms with van der Waals surface area (Å²) in [6.45, 7) is 1.52. The second-order valence-electron chi connectivity index (χ2n) is 3.78. The van der Waals surface area contributed by atoms with Crippen molar-refractivity contribution in [1.82, 2.24) is 4.98 Å². The average Bonchev–Trinajstić information content (AvgIpc) is 2.36. The molecule has 0 spiro atoms. The molecule has 120 valence electrons. The number of Topliss-reactive ketones (excluding diaryl/α,β-unsaturated/α-hetero) is 1. The minimum absolute atomic E-state index is 0.0167. The summed E-state index contributed by atoms with van der Waals surface area (Å²) in [4.78, 5) is 26.5. The lowest BCUT2D eigenvalue weighted by atomic mass is 10.0. The highest BCUT2D eigenvalue weighted by Gasteiger charge is 2.39. The van der Waals surface area contributed by atoms with Gasteiger partial charge in [0.2, 0.25) is 5.78 Å². The summed E-state index contributed by atoms with van der Waals surface area (Å²) < 4.78 is 43.6. The zero-order valence-corrected chi connectivity index (χ0v) is 12.4. The molecule has 0 saturated carbocycles. The summed E-state index contributed by atoms with van der Waals surface area (Å²) in [6, 6.07) is 0.390. The predicted molar refractivity (Wildman–Crippen MR) is 70.9 cm³/mol. The molecule has 0 bridgehead atoms. The van der Waals surface area contributed by atoms with E-state index in [4.69, 9.17) is 28.3 Å². The van der Waals surface area contributed by atoms with Gasteiger partial charge in [-0.05, 0) is 13.0 Å². The molecule has 1 aromatic rings. The van der Waals surface area contributed by atoms with Gasteiger partial charge < -0.3 is 9.84 Å². The molecule has 0 atom stereocenters. The van der Waals surface area contributed by atoms with E-state index in [9.17, 15) is 22.8 Å². The monoisotopic (exact) mass is 357 g/mol. The van der Waals surface area contributed by atoms with E-state index in [-0.39, 0.29) is 6.61 Å². The number of halogens is 5. The molecule has 1 rings (SSSR count). The number of hydrogen-bond donors (Lipinski definition) is 1. The molecular weight excluding hydrogens is 350 g/mol. The number of carbonyl (C=O) groups excluding carboxylic acids is 1. The number of aliphatic carboxylic acids is 1. The molecule has 0 aliphatic carbocycles. The van der Waals surface area contributed by atoms with Crippen molar-refractivity contribution >= 4 is 35.0 Å². The van der Waals surface area contributed by atoms with Crippen molar-refractivity contribution < 1.29 is 32.6 Å². The van der Waals surface area contributed by atoms with E-state index in [0.717, 1.165) is 0 Å². The van der Waals surface area contributed by atoms with Crippen molar-refractivity contribution in [2.75, 3.05) is 6.61 Å². The highest BCUT2D eigenvalue weighted by Crippen LogP contribution is 2.37. The van der Waals surface area contributed by atoms with Crippen LogP contribution in [0.3, 0.4) is 0 Å². The molecule has 0 saturated heterocycles. The first kappa shape index (κ1) is 18.2. The van der Waals surface area contributed by atoms with Crippen molar-refractivity contribution in [2.45, 2.75) is 13.1 Å². The van der Waals surface area contributed by atoms with Crippen molar-refractivity contribution in [1.29, 1.82) is 0 Å². The van der Waals surface area contributed by atoms with Crippen LogP contribution in [0, 0.1) is 0 Å². The first-order chi connectivity index (χ1) is 10.1. The molecule has 1 N–H and O–H groups in total. The molecule has 5 nitrogen and oxygen atoms in total. The van der Waals surface area contributed by atoms with Gasteiger partial charge in [0.15, 0.2) is 0 Å². The summed E-state index contributed by atoms with van der Waals surface area (Å²) in [5.74, 6) is -3.25.